The van der Waals surface area contributed by atoms with Gasteiger partial charge < -0.3 is 30.9 Å². The highest BCUT2D eigenvalue weighted by Crippen LogP contribution is 2.50. The molecule has 40 heavy (non-hydrogen) atoms. The first-order valence-corrected chi connectivity index (χ1v) is 14.3. The molecule has 1 atom stereocenters. The van der Waals surface area contributed by atoms with E-state index in [9.17, 15) is 5.11 Å². The van der Waals surface area contributed by atoms with Crippen LogP contribution in [0.25, 0.3) is 11.3 Å². The first kappa shape index (κ1) is 27.0. The van der Waals surface area contributed by atoms with Crippen LogP contribution in [0.2, 0.25) is 0 Å². The van der Waals surface area contributed by atoms with Gasteiger partial charge in [-0.1, -0.05) is 12.1 Å². The number of hydrogen-bond donors (Lipinski definition) is 4. The van der Waals surface area contributed by atoms with Crippen molar-refractivity contribution in [2.45, 2.75) is 51.4 Å². The summed E-state index contributed by atoms with van der Waals surface area (Å²) in [6.45, 7) is 7.98. The Bertz CT molecular complexity index is 1300. The van der Waals surface area contributed by atoms with Crippen LogP contribution in [-0.2, 0) is 16.0 Å². The Morgan fingerprint density at radius 1 is 1.02 bits per heavy atom. The number of anilines is 3. The minimum absolute atomic E-state index is 0.293. The molecule has 10 nitrogen and oxygen atoms in total. The van der Waals surface area contributed by atoms with Gasteiger partial charge in [-0.3, -0.25) is 9.88 Å². The maximum Gasteiger partial charge on any atom is 0.158 e. The SMILES string of the molecule is Cc1cc(-c2nc(C(N)O)c(Nc3ccc(CN4CCOCC4)cc3)nc2NC2CC3(CCOCC3)C2)ccn1. The third kappa shape index (κ3) is 6.11. The second-order valence-electron chi connectivity index (χ2n) is 11.4. The summed E-state index contributed by atoms with van der Waals surface area (Å²) in [5, 5.41) is 17.5. The van der Waals surface area contributed by atoms with Gasteiger partial charge in [0.2, 0.25) is 0 Å². The van der Waals surface area contributed by atoms with E-state index in [1.54, 1.807) is 6.20 Å². The molecule has 2 aromatic heterocycles. The molecule has 1 unspecified atom stereocenters. The lowest BCUT2D eigenvalue weighted by Crippen LogP contribution is -2.48. The van der Waals surface area contributed by atoms with Crippen molar-refractivity contribution in [1.82, 2.24) is 19.9 Å². The largest absolute Gasteiger partial charge is 0.381 e. The Labute approximate surface area is 235 Å². The number of nitrogens with one attached hydrogen (secondary N) is 2. The molecule has 1 aromatic carbocycles. The molecular weight excluding hydrogens is 506 g/mol. The van der Waals surface area contributed by atoms with Crippen LogP contribution in [0.15, 0.2) is 42.6 Å². The number of morpholine rings is 1. The molecule has 3 fully saturated rings. The molecule has 1 spiro atoms. The van der Waals surface area contributed by atoms with Crippen molar-refractivity contribution in [3.63, 3.8) is 0 Å². The van der Waals surface area contributed by atoms with E-state index in [0.717, 1.165) is 88.7 Å². The molecule has 0 amide bonds. The summed E-state index contributed by atoms with van der Waals surface area (Å²) in [5.74, 6) is 1.11. The minimum Gasteiger partial charge on any atom is -0.381 e. The molecule has 10 heteroatoms. The lowest BCUT2D eigenvalue weighted by atomic mass is 9.61. The predicted octanol–water partition coefficient (Wildman–Crippen LogP) is 3.74. The van der Waals surface area contributed by atoms with E-state index < -0.39 is 6.23 Å². The smallest absolute Gasteiger partial charge is 0.158 e. The summed E-state index contributed by atoms with van der Waals surface area (Å²) in [7, 11) is 0. The summed E-state index contributed by atoms with van der Waals surface area (Å²) >= 11 is 0. The average Bonchev–Trinajstić information content (AvgIpc) is 2.94. The first-order chi connectivity index (χ1) is 19.5. The quantitative estimate of drug-likeness (QED) is 0.311. The Hall–Kier alpha value is -3.15. The predicted molar refractivity (Wildman–Crippen MR) is 154 cm³/mol. The molecule has 6 rings (SSSR count). The van der Waals surface area contributed by atoms with Gasteiger partial charge >= 0.3 is 0 Å². The maximum atomic E-state index is 10.5. The highest BCUT2D eigenvalue weighted by molar-refractivity contribution is 5.75. The number of benzene rings is 1. The molecule has 2 aliphatic heterocycles. The molecule has 3 aliphatic rings. The number of hydrogen-bond acceptors (Lipinski definition) is 10. The van der Waals surface area contributed by atoms with Crippen molar-refractivity contribution in [2.75, 3.05) is 50.2 Å². The van der Waals surface area contributed by atoms with Crippen LogP contribution < -0.4 is 16.4 Å². The zero-order valence-electron chi connectivity index (χ0n) is 23.1. The van der Waals surface area contributed by atoms with Crippen LogP contribution in [-0.4, -0.2) is 70.5 Å². The summed E-state index contributed by atoms with van der Waals surface area (Å²) in [6, 6.07) is 12.5. The fraction of sp³-hybridized carbons (Fsp3) is 0.500. The van der Waals surface area contributed by atoms with Gasteiger partial charge in [0.05, 0.1) is 13.2 Å². The highest BCUT2D eigenvalue weighted by atomic mass is 16.5. The van der Waals surface area contributed by atoms with E-state index in [1.807, 2.05) is 31.2 Å². The van der Waals surface area contributed by atoms with Gasteiger partial charge in [-0.15, -0.1) is 0 Å². The van der Waals surface area contributed by atoms with E-state index in [0.29, 0.717) is 34.5 Å². The number of aliphatic hydroxyl groups is 1. The van der Waals surface area contributed by atoms with Crippen molar-refractivity contribution in [3.05, 3.63) is 59.5 Å². The normalized spacial score (nSPS) is 20.2. The second-order valence-corrected chi connectivity index (χ2v) is 11.4. The summed E-state index contributed by atoms with van der Waals surface area (Å²) < 4.78 is 11.1. The number of aliphatic hydroxyl groups excluding tert-OH is 1. The van der Waals surface area contributed by atoms with Crippen molar-refractivity contribution < 1.29 is 14.6 Å². The van der Waals surface area contributed by atoms with E-state index in [-0.39, 0.29) is 0 Å². The van der Waals surface area contributed by atoms with E-state index in [2.05, 4.69) is 32.7 Å². The summed E-state index contributed by atoms with van der Waals surface area (Å²) in [6.07, 6.45) is 4.86. The fourth-order valence-corrected chi connectivity index (χ4v) is 6.08. The molecular formula is C30H39N7O3. The summed E-state index contributed by atoms with van der Waals surface area (Å²) in [4.78, 5) is 16.6. The minimum atomic E-state index is -1.29. The molecule has 0 radical (unpaired) electrons. The van der Waals surface area contributed by atoms with Gasteiger partial charge in [0.25, 0.3) is 0 Å². The average molecular weight is 546 g/mol. The zero-order chi connectivity index (χ0) is 27.5. The first-order valence-electron chi connectivity index (χ1n) is 14.3. The monoisotopic (exact) mass is 545 g/mol. The van der Waals surface area contributed by atoms with Crippen LogP contribution in [0.5, 0.6) is 0 Å². The van der Waals surface area contributed by atoms with Gasteiger partial charge in [0.15, 0.2) is 11.6 Å². The van der Waals surface area contributed by atoms with Crippen LogP contribution in [0.3, 0.4) is 0 Å². The van der Waals surface area contributed by atoms with Crippen molar-refractivity contribution in [1.29, 1.82) is 0 Å². The number of pyridine rings is 1. The van der Waals surface area contributed by atoms with E-state index in [4.69, 9.17) is 25.2 Å². The van der Waals surface area contributed by atoms with Crippen LogP contribution >= 0.6 is 0 Å². The number of aryl methyl sites for hydroxylation is 1. The number of nitrogens with two attached hydrogens (primary N) is 1. The number of ether oxygens (including phenoxy) is 2. The molecule has 4 heterocycles. The zero-order valence-corrected chi connectivity index (χ0v) is 23.1. The molecule has 1 saturated carbocycles. The van der Waals surface area contributed by atoms with Crippen molar-refractivity contribution in [2.24, 2.45) is 11.1 Å². The lowest BCUT2D eigenvalue weighted by Gasteiger charge is -2.50. The molecule has 5 N–H and O–H groups in total. The Kier molecular flexibility index (Phi) is 7.95. The molecule has 1 aliphatic carbocycles. The maximum absolute atomic E-state index is 10.5. The van der Waals surface area contributed by atoms with Gasteiger partial charge in [0, 0.05) is 62.0 Å². The fourth-order valence-electron chi connectivity index (χ4n) is 6.08. The molecule has 3 aromatic rings. The van der Waals surface area contributed by atoms with Crippen molar-refractivity contribution in [3.8, 4) is 11.3 Å². The molecule has 2 saturated heterocycles. The van der Waals surface area contributed by atoms with Crippen LogP contribution in [0.1, 0.15) is 48.9 Å². The molecule has 212 valence electrons. The van der Waals surface area contributed by atoms with Crippen molar-refractivity contribution >= 4 is 17.3 Å². The van der Waals surface area contributed by atoms with Gasteiger partial charge in [-0.2, -0.15) is 0 Å². The van der Waals surface area contributed by atoms with E-state index >= 15 is 0 Å². The third-order valence-electron chi connectivity index (χ3n) is 8.35. The number of rotatable bonds is 8. The van der Waals surface area contributed by atoms with E-state index in [1.165, 1.54) is 5.56 Å². The highest BCUT2D eigenvalue weighted by Gasteiger charge is 2.45. The van der Waals surface area contributed by atoms with Crippen LogP contribution in [0.4, 0.5) is 17.3 Å². The Morgan fingerprint density at radius 2 is 1.75 bits per heavy atom. The topological polar surface area (TPSA) is 131 Å². The van der Waals surface area contributed by atoms with Gasteiger partial charge in [-0.05, 0) is 67.9 Å². The Morgan fingerprint density at radius 3 is 2.45 bits per heavy atom. The molecule has 0 bridgehead atoms. The lowest BCUT2D eigenvalue weighted by molar-refractivity contribution is -0.0342. The number of nitrogens with zero attached hydrogens (tertiary/aromatic N) is 4. The van der Waals surface area contributed by atoms with Gasteiger partial charge in [0.1, 0.15) is 17.6 Å². The Balaban J connectivity index is 1.26. The second kappa shape index (κ2) is 11.8. The third-order valence-corrected chi connectivity index (χ3v) is 8.35. The van der Waals surface area contributed by atoms with Crippen LogP contribution in [0, 0.1) is 12.3 Å². The number of aromatic nitrogens is 3. The summed E-state index contributed by atoms with van der Waals surface area (Å²) in [5.41, 5.74) is 11.2. The van der Waals surface area contributed by atoms with Gasteiger partial charge in [-0.25, -0.2) is 9.97 Å². The standard InChI is InChI=1S/C30H39N7O3/c1-20-16-22(6-9-32-20)25-28(34-24-17-30(18-24)7-12-39-13-8-30)36-29(26(35-25)27(31)38)33-23-4-2-21(3-5-23)19-37-10-14-40-15-11-37/h2-6,9,16,24,27,38H,7-8,10-15,17-19,31H2,1H3,(H2,33,34,36).